The van der Waals surface area contributed by atoms with Gasteiger partial charge in [0.1, 0.15) is 0 Å². The SMILES string of the molecule is O=C(Nc1c(Cl)cc(Cl)cc1Cl)c1ccc(Cl)cc1. The highest BCUT2D eigenvalue weighted by atomic mass is 35.5. The molecule has 0 bridgehead atoms. The summed E-state index contributed by atoms with van der Waals surface area (Å²) in [4.78, 5) is 12.0. The van der Waals surface area contributed by atoms with Gasteiger partial charge in [0.25, 0.3) is 5.91 Å². The summed E-state index contributed by atoms with van der Waals surface area (Å²) in [5.74, 6) is -0.331. The molecule has 0 heterocycles. The van der Waals surface area contributed by atoms with Gasteiger partial charge in [0, 0.05) is 15.6 Å². The summed E-state index contributed by atoms with van der Waals surface area (Å²) in [5, 5.41) is 4.15. The first-order valence-electron chi connectivity index (χ1n) is 5.19. The molecule has 0 fully saturated rings. The molecule has 0 atom stereocenters. The van der Waals surface area contributed by atoms with E-state index < -0.39 is 0 Å². The van der Waals surface area contributed by atoms with Crippen molar-refractivity contribution in [3.63, 3.8) is 0 Å². The molecule has 0 aliphatic rings. The lowest BCUT2D eigenvalue weighted by Gasteiger charge is -2.09. The zero-order chi connectivity index (χ0) is 14.0. The average Bonchev–Trinajstić information content (AvgIpc) is 2.34. The minimum atomic E-state index is -0.331. The van der Waals surface area contributed by atoms with E-state index in [9.17, 15) is 4.79 Å². The number of nitrogens with one attached hydrogen (secondary N) is 1. The van der Waals surface area contributed by atoms with Crippen molar-refractivity contribution in [3.05, 3.63) is 62.1 Å². The third-order valence-electron chi connectivity index (χ3n) is 2.35. The molecular weight excluding hydrogens is 328 g/mol. The molecule has 0 unspecified atom stereocenters. The Morgan fingerprint density at radius 1 is 0.842 bits per heavy atom. The summed E-state index contributed by atoms with van der Waals surface area (Å²) in [6, 6.07) is 9.48. The number of amides is 1. The van der Waals surface area contributed by atoms with Crippen LogP contribution in [-0.2, 0) is 0 Å². The van der Waals surface area contributed by atoms with Gasteiger partial charge in [-0.15, -0.1) is 0 Å². The number of anilines is 1. The Labute approximate surface area is 130 Å². The van der Waals surface area contributed by atoms with E-state index in [0.717, 1.165) is 0 Å². The van der Waals surface area contributed by atoms with Gasteiger partial charge in [-0.3, -0.25) is 4.79 Å². The lowest BCUT2D eigenvalue weighted by Crippen LogP contribution is -2.12. The number of benzene rings is 2. The summed E-state index contributed by atoms with van der Waals surface area (Å²) >= 11 is 23.5. The fraction of sp³-hybridized carbons (Fsp3) is 0. The molecule has 6 heteroatoms. The van der Waals surface area contributed by atoms with Crippen LogP contribution in [0.25, 0.3) is 0 Å². The van der Waals surface area contributed by atoms with Gasteiger partial charge in [0.05, 0.1) is 15.7 Å². The van der Waals surface area contributed by atoms with Crippen molar-refractivity contribution in [3.8, 4) is 0 Å². The maximum Gasteiger partial charge on any atom is 0.255 e. The quantitative estimate of drug-likeness (QED) is 0.766. The van der Waals surface area contributed by atoms with Crippen LogP contribution in [-0.4, -0.2) is 5.91 Å². The highest BCUT2D eigenvalue weighted by Gasteiger charge is 2.12. The molecule has 0 spiro atoms. The van der Waals surface area contributed by atoms with Crippen molar-refractivity contribution in [2.24, 2.45) is 0 Å². The molecule has 0 saturated heterocycles. The zero-order valence-electron chi connectivity index (χ0n) is 9.38. The fourth-order valence-electron chi connectivity index (χ4n) is 1.45. The third-order valence-corrected chi connectivity index (χ3v) is 3.42. The smallest absolute Gasteiger partial charge is 0.255 e. The number of hydrogen-bond acceptors (Lipinski definition) is 1. The molecule has 1 N–H and O–H groups in total. The predicted molar refractivity (Wildman–Crippen MR) is 80.9 cm³/mol. The van der Waals surface area contributed by atoms with Crippen molar-refractivity contribution >= 4 is 58.0 Å². The molecule has 98 valence electrons. The topological polar surface area (TPSA) is 29.1 Å². The molecule has 2 nitrogen and oxygen atoms in total. The molecule has 0 radical (unpaired) electrons. The lowest BCUT2D eigenvalue weighted by atomic mass is 10.2. The fourth-order valence-corrected chi connectivity index (χ4v) is 2.49. The van der Waals surface area contributed by atoms with Crippen LogP contribution in [0.3, 0.4) is 0 Å². The Kier molecular flexibility index (Phi) is 4.58. The Hall–Kier alpha value is -0.930. The van der Waals surface area contributed by atoms with E-state index in [4.69, 9.17) is 46.4 Å². The van der Waals surface area contributed by atoms with E-state index in [-0.39, 0.29) is 16.0 Å². The molecule has 0 aliphatic carbocycles. The van der Waals surface area contributed by atoms with Crippen molar-refractivity contribution in [1.29, 1.82) is 0 Å². The van der Waals surface area contributed by atoms with Gasteiger partial charge in [-0.25, -0.2) is 0 Å². The normalized spacial score (nSPS) is 10.3. The van der Waals surface area contributed by atoms with E-state index in [0.29, 0.717) is 21.3 Å². The summed E-state index contributed by atoms with van der Waals surface area (Å²) in [6.45, 7) is 0. The van der Waals surface area contributed by atoms with Gasteiger partial charge >= 0.3 is 0 Å². The molecular formula is C13H7Cl4NO. The van der Waals surface area contributed by atoms with Crippen LogP contribution in [0.4, 0.5) is 5.69 Å². The maximum atomic E-state index is 12.0. The van der Waals surface area contributed by atoms with Crippen LogP contribution in [0, 0.1) is 0 Å². The molecule has 19 heavy (non-hydrogen) atoms. The molecule has 2 aromatic carbocycles. The van der Waals surface area contributed by atoms with E-state index in [1.165, 1.54) is 12.1 Å². The first kappa shape index (κ1) is 14.5. The molecule has 2 rings (SSSR count). The van der Waals surface area contributed by atoms with Gasteiger partial charge in [0.15, 0.2) is 0 Å². The molecule has 0 aliphatic heterocycles. The van der Waals surface area contributed by atoms with Gasteiger partial charge in [-0.2, -0.15) is 0 Å². The van der Waals surface area contributed by atoms with Crippen LogP contribution in [0.5, 0.6) is 0 Å². The second-order valence-corrected chi connectivity index (χ2v) is 5.39. The first-order chi connectivity index (χ1) is 8.97. The standard InChI is InChI=1S/C13H7Cl4NO/c14-8-3-1-7(2-4-8)13(19)18-12-10(16)5-9(15)6-11(12)17/h1-6H,(H,18,19). The second kappa shape index (κ2) is 6.02. The number of carbonyl (C=O) groups is 1. The summed E-state index contributed by atoms with van der Waals surface area (Å²) in [6.07, 6.45) is 0. The van der Waals surface area contributed by atoms with Crippen molar-refractivity contribution in [1.82, 2.24) is 0 Å². The highest BCUT2D eigenvalue weighted by molar-refractivity contribution is 6.42. The van der Waals surface area contributed by atoms with Gasteiger partial charge in [-0.05, 0) is 36.4 Å². The Morgan fingerprint density at radius 2 is 1.37 bits per heavy atom. The largest absolute Gasteiger partial charge is 0.319 e. The number of carbonyl (C=O) groups excluding carboxylic acids is 1. The van der Waals surface area contributed by atoms with Crippen LogP contribution in [0.1, 0.15) is 10.4 Å². The van der Waals surface area contributed by atoms with Gasteiger partial charge in [0.2, 0.25) is 0 Å². The van der Waals surface area contributed by atoms with Crippen LogP contribution in [0.2, 0.25) is 20.1 Å². The summed E-state index contributed by atoms with van der Waals surface area (Å²) < 4.78 is 0. The Morgan fingerprint density at radius 3 is 1.89 bits per heavy atom. The van der Waals surface area contributed by atoms with E-state index in [2.05, 4.69) is 5.32 Å². The highest BCUT2D eigenvalue weighted by Crippen LogP contribution is 2.33. The van der Waals surface area contributed by atoms with Crippen molar-refractivity contribution in [2.75, 3.05) is 5.32 Å². The molecule has 0 aromatic heterocycles. The van der Waals surface area contributed by atoms with Crippen LogP contribution in [0.15, 0.2) is 36.4 Å². The van der Waals surface area contributed by atoms with Gasteiger partial charge < -0.3 is 5.32 Å². The Bertz CT molecular complexity index is 602. The number of rotatable bonds is 2. The average molecular weight is 335 g/mol. The maximum absolute atomic E-state index is 12.0. The molecule has 0 saturated carbocycles. The number of halogens is 4. The number of hydrogen-bond donors (Lipinski definition) is 1. The van der Waals surface area contributed by atoms with Gasteiger partial charge in [-0.1, -0.05) is 46.4 Å². The minimum absolute atomic E-state index is 0.278. The van der Waals surface area contributed by atoms with Crippen LogP contribution < -0.4 is 5.32 Å². The van der Waals surface area contributed by atoms with Crippen molar-refractivity contribution in [2.45, 2.75) is 0 Å². The molecule has 1 amide bonds. The van der Waals surface area contributed by atoms with Crippen LogP contribution >= 0.6 is 46.4 Å². The minimum Gasteiger partial charge on any atom is -0.319 e. The summed E-state index contributed by atoms with van der Waals surface area (Å²) in [5.41, 5.74) is 0.777. The monoisotopic (exact) mass is 333 g/mol. The second-order valence-electron chi connectivity index (χ2n) is 3.71. The van der Waals surface area contributed by atoms with Crippen molar-refractivity contribution < 1.29 is 4.79 Å². The Balaban J connectivity index is 2.26. The first-order valence-corrected chi connectivity index (χ1v) is 6.70. The van der Waals surface area contributed by atoms with E-state index >= 15 is 0 Å². The predicted octanol–water partition coefficient (Wildman–Crippen LogP) is 5.55. The summed E-state index contributed by atoms with van der Waals surface area (Å²) in [7, 11) is 0. The molecule has 2 aromatic rings. The van der Waals surface area contributed by atoms with E-state index in [1.54, 1.807) is 24.3 Å². The lowest BCUT2D eigenvalue weighted by molar-refractivity contribution is 0.102. The zero-order valence-corrected chi connectivity index (χ0v) is 12.4. The third kappa shape index (κ3) is 3.54. The van der Waals surface area contributed by atoms with E-state index in [1.807, 2.05) is 0 Å².